The predicted molar refractivity (Wildman–Crippen MR) is 95.2 cm³/mol. The van der Waals surface area contributed by atoms with E-state index in [1.54, 1.807) is 17.7 Å². The normalized spacial score (nSPS) is 14.4. The summed E-state index contributed by atoms with van der Waals surface area (Å²) in [6.07, 6.45) is 1.59. The molecule has 0 radical (unpaired) electrons. The van der Waals surface area contributed by atoms with E-state index in [9.17, 15) is 4.79 Å². The van der Waals surface area contributed by atoms with Gasteiger partial charge in [-0.3, -0.25) is 0 Å². The van der Waals surface area contributed by atoms with Crippen LogP contribution in [0.4, 0.5) is 10.6 Å². The van der Waals surface area contributed by atoms with Gasteiger partial charge in [0.15, 0.2) is 0 Å². The number of rotatable bonds is 4. The number of thiophene rings is 1. The van der Waals surface area contributed by atoms with Crippen LogP contribution in [0.1, 0.15) is 5.56 Å². The van der Waals surface area contributed by atoms with Crippen molar-refractivity contribution in [3.63, 3.8) is 0 Å². The molecule has 0 bridgehead atoms. The van der Waals surface area contributed by atoms with E-state index in [1.165, 1.54) is 0 Å². The standard InChI is InChI=1S/C17H17N5OS/c23-17(18-8-12-4-2-1-3-5-12)21-13-9-22(10-13)16-15-14(6-7-24-15)19-11-20-16/h1-7,11,13H,8-10H2,(H2,18,21,23). The Morgan fingerprint density at radius 2 is 2.04 bits per heavy atom. The highest BCUT2D eigenvalue weighted by Gasteiger charge is 2.30. The molecule has 2 aromatic heterocycles. The summed E-state index contributed by atoms with van der Waals surface area (Å²) in [7, 11) is 0. The molecule has 24 heavy (non-hydrogen) atoms. The number of nitrogens with zero attached hydrogens (tertiary/aromatic N) is 3. The molecule has 3 heterocycles. The average Bonchev–Trinajstić information content (AvgIpc) is 3.06. The van der Waals surface area contributed by atoms with E-state index in [2.05, 4.69) is 25.5 Å². The van der Waals surface area contributed by atoms with Crippen molar-refractivity contribution in [2.75, 3.05) is 18.0 Å². The van der Waals surface area contributed by atoms with Gasteiger partial charge in [-0.05, 0) is 17.0 Å². The highest BCUT2D eigenvalue weighted by Crippen LogP contribution is 2.30. The Labute approximate surface area is 143 Å². The number of benzene rings is 1. The van der Waals surface area contributed by atoms with Gasteiger partial charge in [-0.1, -0.05) is 30.3 Å². The molecule has 122 valence electrons. The molecule has 1 saturated heterocycles. The van der Waals surface area contributed by atoms with Gasteiger partial charge >= 0.3 is 6.03 Å². The number of fused-ring (bicyclic) bond motifs is 1. The van der Waals surface area contributed by atoms with E-state index in [1.807, 2.05) is 41.8 Å². The van der Waals surface area contributed by atoms with Crippen molar-refractivity contribution < 1.29 is 4.79 Å². The SMILES string of the molecule is O=C(NCc1ccccc1)NC1CN(c2ncnc3ccsc23)C1. The third-order valence-corrected chi connectivity index (χ3v) is 4.94. The third kappa shape index (κ3) is 3.03. The Morgan fingerprint density at radius 1 is 1.21 bits per heavy atom. The molecule has 1 aliphatic heterocycles. The summed E-state index contributed by atoms with van der Waals surface area (Å²) in [5.74, 6) is 0.956. The van der Waals surface area contributed by atoms with Gasteiger partial charge in [-0.2, -0.15) is 0 Å². The van der Waals surface area contributed by atoms with Crippen LogP contribution in [0.5, 0.6) is 0 Å². The van der Waals surface area contributed by atoms with Crippen molar-refractivity contribution in [2.45, 2.75) is 12.6 Å². The maximum Gasteiger partial charge on any atom is 0.315 e. The van der Waals surface area contributed by atoms with Gasteiger partial charge in [0.05, 0.1) is 16.3 Å². The molecule has 0 atom stereocenters. The smallest absolute Gasteiger partial charge is 0.315 e. The van der Waals surface area contributed by atoms with Crippen LogP contribution < -0.4 is 15.5 Å². The molecule has 3 aromatic rings. The fourth-order valence-corrected chi connectivity index (χ4v) is 3.62. The minimum Gasteiger partial charge on any atom is -0.351 e. The lowest BCUT2D eigenvalue weighted by molar-refractivity contribution is 0.234. The third-order valence-electron chi connectivity index (χ3n) is 4.04. The molecule has 1 aliphatic rings. The second-order valence-corrected chi connectivity index (χ2v) is 6.66. The number of carbonyl (C=O) groups excluding carboxylic acids is 1. The Bertz CT molecular complexity index is 844. The summed E-state index contributed by atoms with van der Waals surface area (Å²) in [5, 5.41) is 7.91. The Kier molecular flexibility index (Phi) is 4.00. The van der Waals surface area contributed by atoms with Crippen LogP contribution in [0.2, 0.25) is 0 Å². The van der Waals surface area contributed by atoms with Crippen molar-refractivity contribution in [2.24, 2.45) is 0 Å². The van der Waals surface area contributed by atoms with Crippen LogP contribution in [0.25, 0.3) is 10.2 Å². The first-order valence-electron chi connectivity index (χ1n) is 7.81. The van der Waals surface area contributed by atoms with Gasteiger partial charge in [0.2, 0.25) is 0 Å². The predicted octanol–water partition coefficient (Wildman–Crippen LogP) is 2.38. The topological polar surface area (TPSA) is 70.2 Å². The highest BCUT2D eigenvalue weighted by atomic mass is 32.1. The molecule has 7 heteroatoms. The Balaban J connectivity index is 1.28. The first-order valence-corrected chi connectivity index (χ1v) is 8.69. The number of anilines is 1. The first-order chi connectivity index (χ1) is 11.8. The summed E-state index contributed by atoms with van der Waals surface area (Å²) in [5.41, 5.74) is 2.06. The zero-order chi connectivity index (χ0) is 16.4. The number of nitrogens with one attached hydrogen (secondary N) is 2. The van der Waals surface area contributed by atoms with Gasteiger partial charge in [0.25, 0.3) is 0 Å². The number of hydrogen-bond donors (Lipinski definition) is 2. The average molecular weight is 339 g/mol. The molecule has 1 fully saturated rings. The van der Waals surface area contributed by atoms with Crippen LogP contribution in [0.15, 0.2) is 48.1 Å². The molecule has 0 aliphatic carbocycles. The Morgan fingerprint density at radius 3 is 2.88 bits per heavy atom. The second kappa shape index (κ2) is 6.45. The molecule has 2 N–H and O–H groups in total. The lowest BCUT2D eigenvalue weighted by Crippen LogP contribution is -2.61. The van der Waals surface area contributed by atoms with E-state index < -0.39 is 0 Å². The Hall–Kier alpha value is -2.67. The quantitative estimate of drug-likeness (QED) is 0.766. The fraction of sp³-hybridized carbons (Fsp3) is 0.235. The fourth-order valence-electron chi connectivity index (χ4n) is 2.76. The van der Waals surface area contributed by atoms with Crippen molar-refractivity contribution in [3.05, 3.63) is 53.7 Å². The number of aromatic nitrogens is 2. The second-order valence-electron chi connectivity index (χ2n) is 5.75. The van der Waals surface area contributed by atoms with Gasteiger partial charge in [-0.15, -0.1) is 11.3 Å². The lowest BCUT2D eigenvalue weighted by Gasteiger charge is -2.40. The summed E-state index contributed by atoms with van der Waals surface area (Å²) in [4.78, 5) is 22.8. The van der Waals surface area contributed by atoms with Crippen molar-refractivity contribution in [1.29, 1.82) is 0 Å². The molecule has 0 spiro atoms. The molecular formula is C17H17N5OS. The van der Waals surface area contributed by atoms with Crippen LogP contribution >= 0.6 is 11.3 Å². The molecule has 6 nitrogen and oxygen atoms in total. The zero-order valence-electron chi connectivity index (χ0n) is 13.0. The van der Waals surface area contributed by atoms with Crippen LogP contribution in [-0.2, 0) is 6.54 Å². The van der Waals surface area contributed by atoms with Crippen LogP contribution in [0.3, 0.4) is 0 Å². The van der Waals surface area contributed by atoms with Crippen LogP contribution in [-0.4, -0.2) is 35.1 Å². The van der Waals surface area contributed by atoms with Gasteiger partial charge in [0, 0.05) is 19.6 Å². The minimum absolute atomic E-state index is 0.132. The van der Waals surface area contributed by atoms with E-state index in [4.69, 9.17) is 0 Å². The lowest BCUT2D eigenvalue weighted by atomic mass is 10.1. The molecular weight excluding hydrogens is 322 g/mol. The number of urea groups is 1. The van der Waals surface area contributed by atoms with E-state index >= 15 is 0 Å². The number of hydrogen-bond acceptors (Lipinski definition) is 5. The largest absolute Gasteiger partial charge is 0.351 e. The van der Waals surface area contributed by atoms with E-state index in [-0.39, 0.29) is 12.1 Å². The summed E-state index contributed by atoms with van der Waals surface area (Å²) >= 11 is 1.65. The first kappa shape index (κ1) is 14.9. The molecule has 0 saturated carbocycles. The maximum absolute atomic E-state index is 12.0. The van der Waals surface area contributed by atoms with E-state index in [0.717, 1.165) is 34.7 Å². The maximum atomic E-state index is 12.0. The molecule has 0 unspecified atom stereocenters. The summed E-state index contributed by atoms with van der Waals surface area (Å²) < 4.78 is 1.10. The van der Waals surface area contributed by atoms with Crippen molar-refractivity contribution >= 4 is 33.4 Å². The monoisotopic (exact) mass is 339 g/mol. The summed E-state index contributed by atoms with van der Waals surface area (Å²) in [6.45, 7) is 2.07. The molecule has 4 rings (SSSR count). The van der Waals surface area contributed by atoms with E-state index in [0.29, 0.717) is 6.54 Å². The number of carbonyl (C=O) groups is 1. The highest BCUT2D eigenvalue weighted by molar-refractivity contribution is 7.17. The van der Waals surface area contributed by atoms with Gasteiger partial charge in [0.1, 0.15) is 12.1 Å². The minimum atomic E-state index is -0.132. The van der Waals surface area contributed by atoms with Gasteiger partial charge < -0.3 is 15.5 Å². The molecule has 1 aromatic carbocycles. The van der Waals surface area contributed by atoms with Crippen LogP contribution in [0, 0.1) is 0 Å². The van der Waals surface area contributed by atoms with Gasteiger partial charge in [-0.25, -0.2) is 14.8 Å². The van der Waals surface area contributed by atoms with Crippen molar-refractivity contribution in [3.8, 4) is 0 Å². The summed E-state index contributed by atoms with van der Waals surface area (Å²) in [6, 6.07) is 11.9. The molecule has 2 amide bonds. The zero-order valence-corrected chi connectivity index (χ0v) is 13.8. The number of amides is 2. The van der Waals surface area contributed by atoms with Crippen molar-refractivity contribution in [1.82, 2.24) is 20.6 Å².